The summed E-state index contributed by atoms with van der Waals surface area (Å²) in [6.07, 6.45) is 0. The van der Waals surface area contributed by atoms with Crippen LogP contribution in [-0.2, 0) is 0 Å². The van der Waals surface area contributed by atoms with E-state index < -0.39 is 10.7 Å². The van der Waals surface area contributed by atoms with Crippen molar-refractivity contribution in [1.82, 2.24) is 10.2 Å². The summed E-state index contributed by atoms with van der Waals surface area (Å²) in [7, 11) is 1.79. The zero-order valence-corrected chi connectivity index (χ0v) is 13.4. The number of rotatable bonds is 5. The van der Waals surface area contributed by atoms with E-state index in [1.807, 2.05) is 0 Å². The van der Waals surface area contributed by atoms with Gasteiger partial charge in [0.15, 0.2) is 0 Å². The van der Waals surface area contributed by atoms with E-state index in [1.54, 1.807) is 11.9 Å². The summed E-state index contributed by atoms with van der Waals surface area (Å²) < 4.78 is 13.7. The van der Waals surface area contributed by atoms with E-state index >= 15 is 0 Å². The molecule has 1 aromatic rings. The number of benzene rings is 1. The second-order valence-corrected chi connectivity index (χ2v) is 5.88. The van der Waals surface area contributed by atoms with Gasteiger partial charge in [-0.15, -0.1) is 0 Å². The molecule has 0 radical (unpaired) electrons. The van der Waals surface area contributed by atoms with Crippen molar-refractivity contribution in [3.05, 3.63) is 32.5 Å². The standard InChI is InChI=1S/C13H18BrFN4O2/c1-17(6-7-18-4-2-16-3-5-18)12-8-10(14)11(15)9-13(12)19(20)21/h8-9,16H,2-7H2,1H3. The van der Waals surface area contributed by atoms with Crippen LogP contribution in [0.4, 0.5) is 15.8 Å². The number of halogens is 2. The second kappa shape index (κ2) is 7.15. The van der Waals surface area contributed by atoms with E-state index in [4.69, 9.17) is 0 Å². The molecule has 0 spiro atoms. The van der Waals surface area contributed by atoms with Crippen LogP contribution in [0.15, 0.2) is 16.6 Å². The predicted molar refractivity (Wildman–Crippen MR) is 83.3 cm³/mol. The van der Waals surface area contributed by atoms with Gasteiger partial charge < -0.3 is 10.2 Å². The Morgan fingerprint density at radius 2 is 2.14 bits per heavy atom. The smallest absolute Gasteiger partial charge is 0.295 e. The minimum Gasteiger partial charge on any atom is -0.368 e. The highest BCUT2D eigenvalue weighted by molar-refractivity contribution is 9.10. The van der Waals surface area contributed by atoms with Gasteiger partial charge in [0.1, 0.15) is 11.5 Å². The molecule has 6 nitrogen and oxygen atoms in total. The molecule has 1 fully saturated rings. The SMILES string of the molecule is CN(CCN1CCNCC1)c1cc(Br)c(F)cc1[N+](=O)[O-]. The first-order valence-corrected chi connectivity index (χ1v) is 7.56. The second-order valence-electron chi connectivity index (χ2n) is 5.03. The third kappa shape index (κ3) is 4.12. The first-order chi connectivity index (χ1) is 9.99. The van der Waals surface area contributed by atoms with Crippen LogP contribution in [0.2, 0.25) is 0 Å². The summed E-state index contributed by atoms with van der Waals surface area (Å²) in [4.78, 5) is 14.6. The molecule has 0 atom stereocenters. The van der Waals surface area contributed by atoms with Gasteiger partial charge in [0.2, 0.25) is 0 Å². The van der Waals surface area contributed by atoms with E-state index in [-0.39, 0.29) is 10.2 Å². The quantitative estimate of drug-likeness (QED) is 0.641. The number of nitro benzene ring substituents is 1. The third-order valence-electron chi connectivity index (χ3n) is 3.59. The van der Waals surface area contributed by atoms with E-state index in [0.717, 1.165) is 38.8 Å². The van der Waals surface area contributed by atoms with Gasteiger partial charge in [-0.25, -0.2) is 4.39 Å². The molecule has 1 aromatic carbocycles. The molecule has 8 heteroatoms. The first kappa shape index (κ1) is 16.1. The normalized spacial score (nSPS) is 16.0. The molecule has 0 aliphatic carbocycles. The highest BCUT2D eigenvalue weighted by Crippen LogP contribution is 2.32. The van der Waals surface area contributed by atoms with Gasteiger partial charge in [0.05, 0.1) is 15.5 Å². The highest BCUT2D eigenvalue weighted by atomic mass is 79.9. The van der Waals surface area contributed by atoms with Crippen LogP contribution in [0, 0.1) is 15.9 Å². The molecule has 116 valence electrons. The Bertz CT molecular complexity index is 523. The summed E-state index contributed by atoms with van der Waals surface area (Å²) in [6, 6.07) is 2.42. The molecule has 0 saturated carbocycles. The van der Waals surface area contributed by atoms with E-state index in [0.29, 0.717) is 12.2 Å². The number of hydrogen-bond donors (Lipinski definition) is 1. The highest BCUT2D eigenvalue weighted by Gasteiger charge is 2.21. The zero-order valence-electron chi connectivity index (χ0n) is 11.8. The Kier molecular flexibility index (Phi) is 5.49. The summed E-state index contributed by atoms with van der Waals surface area (Å²) in [5.41, 5.74) is 0.210. The van der Waals surface area contributed by atoms with Gasteiger partial charge in [0, 0.05) is 46.3 Å². The number of nitrogens with one attached hydrogen (secondary N) is 1. The fourth-order valence-electron chi connectivity index (χ4n) is 2.32. The number of likely N-dealkylation sites (N-methyl/N-ethyl adjacent to an activating group) is 1. The molecule has 1 aliphatic heterocycles. The summed E-state index contributed by atoms with van der Waals surface area (Å²) in [5.74, 6) is -0.624. The summed E-state index contributed by atoms with van der Waals surface area (Å²) in [6.45, 7) is 5.35. The fraction of sp³-hybridized carbons (Fsp3) is 0.538. The molecule has 1 aliphatic rings. The van der Waals surface area contributed by atoms with E-state index in [2.05, 4.69) is 26.1 Å². The molecule has 0 amide bonds. The zero-order chi connectivity index (χ0) is 15.4. The maximum Gasteiger partial charge on any atom is 0.295 e. The maximum absolute atomic E-state index is 13.5. The molecule has 2 rings (SSSR count). The average molecular weight is 361 g/mol. The molecular weight excluding hydrogens is 343 g/mol. The summed E-state index contributed by atoms with van der Waals surface area (Å²) >= 11 is 3.08. The maximum atomic E-state index is 13.5. The van der Waals surface area contributed by atoms with E-state index in [1.165, 1.54) is 6.07 Å². The molecular formula is C13H18BrFN4O2. The van der Waals surface area contributed by atoms with Crippen molar-refractivity contribution in [2.24, 2.45) is 0 Å². The van der Waals surface area contributed by atoms with Gasteiger partial charge >= 0.3 is 0 Å². The van der Waals surface area contributed by atoms with Crippen molar-refractivity contribution in [3.8, 4) is 0 Å². The molecule has 21 heavy (non-hydrogen) atoms. The fourth-order valence-corrected chi connectivity index (χ4v) is 2.66. The van der Waals surface area contributed by atoms with Crippen molar-refractivity contribution in [2.45, 2.75) is 0 Å². The Morgan fingerprint density at radius 1 is 1.48 bits per heavy atom. The Morgan fingerprint density at radius 3 is 2.76 bits per heavy atom. The van der Waals surface area contributed by atoms with Crippen LogP contribution in [0.25, 0.3) is 0 Å². The lowest BCUT2D eigenvalue weighted by Gasteiger charge is -2.29. The van der Waals surface area contributed by atoms with Gasteiger partial charge in [-0.2, -0.15) is 0 Å². The average Bonchev–Trinajstić information content (AvgIpc) is 2.48. The molecule has 0 bridgehead atoms. The predicted octanol–water partition coefficient (Wildman–Crippen LogP) is 1.84. The van der Waals surface area contributed by atoms with Crippen LogP contribution in [0.1, 0.15) is 0 Å². The Balaban J connectivity index is 2.08. The minimum absolute atomic E-state index is 0.210. The lowest BCUT2D eigenvalue weighted by molar-refractivity contribution is -0.384. The molecule has 1 saturated heterocycles. The van der Waals surface area contributed by atoms with Crippen molar-refractivity contribution in [1.29, 1.82) is 0 Å². The van der Waals surface area contributed by atoms with Crippen molar-refractivity contribution in [3.63, 3.8) is 0 Å². The van der Waals surface area contributed by atoms with Crippen LogP contribution in [0.5, 0.6) is 0 Å². The van der Waals surface area contributed by atoms with Crippen LogP contribution in [-0.4, -0.2) is 56.1 Å². The van der Waals surface area contributed by atoms with E-state index in [9.17, 15) is 14.5 Å². The first-order valence-electron chi connectivity index (χ1n) is 6.76. The molecule has 0 aromatic heterocycles. The largest absolute Gasteiger partial charge is 0.368 e. The van der Waals surface area contributed by atoms with Crippen molar-refractivity contribution >= 4 is 27.3 Å². The molecule has 1 heterocycles. The Labute approximate surface area is 131 Å². The monoisotopic (exact) mass is 360 g/mol. The summed E-state index contributed by atoms with van der Waals surface area (Å²) in [5, 5.41) is 14.4. The van der Waals surface area contributed by atoms with Crippen LogP contribution in [0.3, 0.4) is 0 Å². The number of hydrogen-bond acceptors (Lipinski definition) is 5. The topological polar surface area (TPSA) is 61.6 Å². The van der Waals surface area contributed by atoms with Gasteiger partial charge in [-0.3, -0.25) is 15.0 Å². The number of nitrogens with zero attached hydrogens (tertiary/aromatic N) is 3. The third-order valence-corrected chi connectivity index (χ3v) is 4.19. The number of nitro groups is 1. The van der Waals surface area contributed by atoms with Crippen molar-refractivity contribution < 1.29 is 9.31 Å². The lowest BCUT2D eigenvalue weighted by Crippen LogP contribution is -2.46. The molecule has 1 N–H and O–H groups in total. The van der Waals surface area contributed by atoms with Crippen molar-refractivity contribution in [2.75, 3.05) is 51.2 Å². The van der Waals surface area contributed by atoms with Gasteiger partial charge in [0.25, 0.3) is 5.69 Å². The minimum atomic E-state index is -0.624. The van der Waals surface area contributed by atoms with Crippen LogP contribution >= 0.6 is 15.9 Å². The van der Waals surface area contributed by atoms with Gasteiger partial charge in [-0.1, -0.05) is 0 Å². The lowest BCUT2D eigenvalue weighted by atomic mass is 10.2. The van der Waals surface area contributed by atoms with Crippen LogP contribution < -0.4 is 10.2 Å². The molecule has 0 unspecified atom stereocenters. The number of piperazine rings is 1. The Hall–Kier alpha value is -1.25. The number of anilines is 1. The van der Waals surface area contributed by atoms with Gasteiger partial charge in [-0.05, 0) is 22.0 Å².